The average molecular weight is 571 g/mol. The molecule has 0 saturated heterocycles. The molecule has 41 heavy (non-hydrogen) atoms. The number of carbonyl (C=O) groups is 4. The van der Waals surface area contributed by atoms with Crippen LogP contribution in [0.4, 0.5) is 0 Å². The second-order valence-electron chi connectivity index (χ2n) is 15.1. The van der Waals surface area contributed by atoms with Crippen LogP contribution in [0, 0.1) is 57.2 Å². The molecule has 5 rings (SSSR count). The van der Waals surface area contributed by atoms with Crippen LogP contribution in [-0.2, 0) is 28.7 Å². The zero-order chi connectivity index (χ0) is 30.3. The maximum atomic E-state index is 13.7. The van der Waals surface area contributed by atoms with Crippen LogP contribution in [0.1, 0.15) is 99.8 Å². The first-order chi connectivity index (χ1) is 19.1. The molecule has 5 aliphatic rings. The number of hydrogen-bond donors (Lipinski definition) is 1. The minimum atomic E-state index is -1.07. The Balaban J connectivity index is 1.53. The monoisotopic (exact) mass is 570 g/mol. The van der Waals surface area contributed by atoms with E-state index in [0.717, 1.165) is 32.1 Å². The van der Waals surface area contributed by atoms with Crippen LogP contribution in [0.25, 0.3) is 0 Å². The molecule has 5 fully saturated rings. The van der Waals surface area contributed by atoms with Crippen molar-refractivity contribution in [2.45, 2.75) is 112 Å². The first kappa shape index (κ1) is 30.4. The summed E-state index contributed by atoms with van der Waals surface area (Å²) in [6.45, 7) is 17.0. The summed E-state index contributed by atoms with van der Waals surface area (Å²) < 4.78 is 11.8. The Morgan fingerprint density at radius 1 is 1.02 bits per heavy atom. The van der Waals surface area contributed by atoms with Gasteiger partial charge in [0.1, 0.15) is 11.9 Å². The van der Waals surface area contributed by atoms with E-state index in [1.54, 1.807) is 6.92 Å². The molecule has 0 aliphatic heterocycles. The molecule has 0 bridgehead atoms. The first-order valence-electron chi connectivity index (χ1n) is 15.8. The molecule has 0 amide bonds. The van der Waals surface area contributed by atoms with Gasteiger partial charge < -0.3 is 14.6 Å². The molecule has 0 radical (unpaired) electrons. The zero-order valence-electron chi connectivity index (χ0n) is 26.1. The van der Waals surface area contributed by atoms with Crippen molar-refractivity contribution in [3.05, 3.63) is 12.2 Å². The van der Waals surface area contributed by atoms with Gasteiger partial charge in [-0.15, -0.1) is 0 Å². The van der Waals surface area contributed by atoms with Gasteiger partial charge in [-0.3, -0.25) is 19.2 Å². The lowest BCUT2D eigenvalue weighted by atomic mass is 9.43. The highest BCUT2D eigenvalue weighted by Gasteiger charge is 2.82. The minimum absolute atomic E-state index is 0.136. The standard InChI is InChI=1S/C34H50O7/c1-18(16-35)19(2)29(39)30(41-23(6)37)21(4)28-26(40-22(5)36)15-32(8)27-10-9-24-20(3)25(38)11-12-33(24)17-34(27,33)14-13-31(28,32)7/h18,20-21,24,26-28,30,35H,2,9-17H2,1,3-8H3/t18-,20-,21-,24-,26-,27-,28-,30+,31+,32-,33+,34-/m0/s1. The summed E-state index contributed by atoms with van der Waals surface area (Å²) in [6.07, 6.45) is 6.30. The molecule has 12 atom stereocenters. The first-order valence-corrected chi connectivity index (χ1v) is 15.8. The highest BCUT2D eigenvalue weighted by molar-refractivity contribution is 5.99. The van der Waals surface area contributed by atoms with Gasteiger partial charge in [0.2, 0.25) is 0 Å². The highest BCUT2D eigenvalue weighted by atomic mass is 16.6. The second-order valence-corrected chi connectivity index (χ2v) is 15.1. The highest BCUT2D eigenvalue weighted by Crippen LogP contribution is 2.88. The molecule has 1 N–H and O–H groups in total. The molecule has 228 valence electrons. The van der Waals surface area contributed by atoms with Gasteiger partial charge >= 0.3 is 11.9 Å². The topological polar surface area (TPSA) is 107 Å². The third kappa shape index (κ3) is 4.14. The summed E-state index contributed by atoms with van der Waals surface area (Å²) in [5.41, 5.74) is 0.333. The number of ether oxygens (including phenoxy) is 2. The fourth-order valence-electron chi connectivity index (χ4n) is 11.5. The van der Waals surface area contributed by atoms with Gasteiger partial charge in [-0.25, -0.2) is 0 Å². The maximum absolute atomic E-state index is 13.7. The SMILES string of the molecule is C=C(C(=O)[C@H](OC(C)=O)[C@@H](C)[C@H]1[C@@H](OC(C)=O)C[C@@]2(C)[C@@H]3CC[C@H]4[C@H](C)C(=O)CC[C@@]45C[C@@]35CC[C@]12C)[C@@H](C)CO. The average Bonchev–Trinajstić information content (AvgIpc) is 3.52. The number of hydrogen-bond acceptors (Lipinski definition) is 7. The summed E-state index contributed by atoms with van der Waals surface area (Å²) >= 11 is 0. The summed E-state index contributed by atoms with van der Waals surface area (Å²) in [7, 11) is 0. The number of aliphatic hydroxyl groups excluding tert-OH is 1. The van der Waals surface area contributed by atoms with E-state index in [2.05, 4.69) is 27.4 Å². The molecule has 0 heterocycles. The van der Waals surface area contributed by atoms with Crippen LogP contribution in [0.15, 0.2) is 12.2 Å². The molecule has 0 unspecified atom stereocenters. The van der Waals surface area contributed by atoms with E-state index in [1.807, 2.05) is 6.92 Å². The number of aliphatic hydroxyl groups is 1. The summed E-state index contributed by atoms with van der Waals surface area (Å²) in [5, 5.41) is 9.69. The molecule has 7 nitrogen and oxygen atoms in total. The van der Waals surface area contributed by atoms with E-state index in [0.29, 0.717) is 30.5 Å². The fraction of sp³-hybridized carbons (Fsp3) is 0.824. The third-order valence-electron chi connectivity index (χ3n) is 13.6. The van der Waals surface area contributed by atoms with E-state index in [-0.39, 0.29) is 57.4 Å². The Bertz CT molecular complexity index is 1160. The summed E-state index contributed by atoms with van der Waals surface area (Å²) in [5.74, 6) is -0.841. The number of carbonyl (C=O) groups excluding carboxylic acids is 4. The van der Waals surface area contributed by atoms with E-state index in [1.165, 1.54) is 20.3 Å². The number of esters is 2. The van der Waals surface area contributed by atoms with Crippen LogP contribution >= 0.6 is 0 Å². The van der Waals surface area contributed by atoms with Crippen molar-refractivity contribution in [3.63, 3.8) is 0 Å². The van der Waals surface area contributed by atoms with Crippen LogP contribution in [0.3, 0.4) is 0 Å². The molecule has 5 saturated carbocycles. The molecular weight excluding hydrogens is 520 g/mol. The van der Waals surface area contributed by atoms with Gasteiger partial charge in [-0.1, -0.05) is 41.2 Å². The zero-order valence-corrected chi connectivity index (χ0v) is 26.1. The van der Waals surface area contributed by atoms with Gasteiger partial charge in [-0.05, 0) is 84.0 Å². The normalized spacial score (nSPS) is 44.7. The molecule has 0 aromatic carbocycles. The summed E-state index contributed by atoms with van der Waals surface area (Å²) in [6, 6.07) is 0. The van der Waals surface area contributed by atoms with Crippen molar-refractivity contribution < 1.29 is 33.8 Å². The van der Waals surface area contributed by atoms with Gasteiger partial charge in [0.25, 0.3) is 0 Å². The lowest BCUT2D eigenvalue weighted by Crippen LogP contribution is -2.56. The lowest BCUT2D eigenvalue weighted by Gasteiger charge is -2.61. The van der Waals surface area contributed by atoms with Crippen molar-refractivity contribution >= 4 is 23.5 Å². The second kappa shape index (κ2) is 10.0. The largest absolute Gasteiger partial charge is 0.462 e. The minimum Gasteiger partial charge on any atom is -0.462 e. The van der Waals surface area contributed by atoms with E-state index in [9.17, 15) is 24.3 Å². The molecule has 0 aromatic heterocycles. The Hall–Kier alpha value is -2.02. The Morgan fingerprint density at radius 2 is 1.71 bits per heavy atom. The molecule has 0 aromatic rings. The van der Waals surface area contributed by atoms with Crippen LogP contribution in [0.2, 0.25) is 0 Å². The predicted octanol–water partition coefficient (Wildman–Crippen LogP) is 5.47. The molecule has 7 heteroatoms. The smallest absolute Gasteiger partial charge is 0.303 e. The van der Waals surface area contributed by atoms with Crippen molar-refractivity contribution in [2.24, 2.45) is 57.2 Å². The van der Waals surface area contributed by atoms with E-state index >= 15 is 0 Å². The van der Waals surface area contributed by atoms with E-state index in [4.69, 9.17) is 9.47 Å². The maximum Gasteiger partial charge on any atom is 0.303 e. The third-order valence-corrected chi connectivity index (χ3v) is 13.6. The van der Waals surface area contributed by atoms with Crippen LogP contribution in [-0.4, -0.2) is 47.4 Å². The van der Waals surface area contributed by atoms with Gasteiger partial charge in [0.05, 0.1) is 0 Å². The predicted molar refractivity (Wildman–Crippen MR) is 153 cm³/mol. The van der Waals surface area contributed by atoms with Crippen molar-refractivity contribution in [2.75, 3.05) is 6.61 Å². The van der Waals surface area contributed by atoms with Crippen LogP contribution < -0.4 is 0 Å². The lowest BCUT2D eigenvalue weighted by molar-refractivity contribution is -0.167. The van der Waals surface area contributed by atoms with Crippen molar-refractivity contribution in [1.82, 2.24) is 0 Å². The Labute approximate surface area is 245 Å². The molecular formula is C34H50O7. The van der Waals surface area contributed by atoms with Crippen molar-refractivity contribution in [1.29, 1.82) is 0 Å². The van der Waals surface area contributed by atoms with E-state index < -0.39 is 30.0 Å². The summed E-state index contributed by atoms with van der Waals surface area (Å²) in [4.78, 5) is 51.2. The number of Topliss-reactive ketones (excluding diaryl/α,β-unsaturated/α-hetero) is 2. The van der Waals surface area contributed by atoms with Crippen LogP contribution in [0.5, 0.6) is 0 Å². The van der Waals surface area contributed by atoms with Gasteiger partial charge in [0, 0.05) is 50.5 Å². The molecule has 2 spiro atoms. The Morgan fingerprint density at radius 3 is 2.32 bits per heavy atom. The Kier molecular flexibility index (Phi) is 7.44. The molecule has 5 aliphatic carbocycles. The number of ketones is 2. The van der Waals surface area contributed by atoms with Gasteiger partial charge in [0.15, 0.2) is 11.9 Å². The van der Waals surface area contributed by atoms with Crippen molar-refractivity contribution in [3.8, 4) is 0 Å². The quantitative estimate of drug-likeness (QED) is 0.305. The number of fused-ring (bicyclic) bond motifs is 2. The van der Waals surface area contributed by atoms with Gasteiger partial charge in [-0.2, -0.15) is 0 Å². The fourth-order valence-corrected chi connectivity index (χ4v) is 11.5. The number of rotatable bonds is 8.